The van der Waals surface area contributed by atoms with Crippen LogP contribution in [0.2, 0.25) is 0 Å². The number of benzene rings is 1. The Balaban J connectivity index is 1.43. The van der Waals surface area contributed by atoms with Crippen LogP contribution in [0.3, 0.4) is 0 Å². The molecule has 0 radical (unpaired) electrons. The third-order valence-electron chi connectivity index (χ3n) is 6.53. The van der Waals surface area contributed by atoms with Crippen LogP contribution in [0.4, 0.5) is 10.5 Å². The number of rotatable bonds is 5. The number of ether oxygens (including phenoxy) is 2. The van der Waals surface area contributed by atoms with E-state index in [1.165, 1.54) is 7.11 Å². The lowest BCUT2D eigenvalue weighted by molar-refractivity contribution is -0.146. The molecule has 192 valence electrons. The summed E-state index contributed by atoms with van der Waals surface area (Å²) in [4.78, 5) is 50.8. The molecule has 35 heavy (non-hydrogen) atoms. The zero-order chi connectivity index (χ0) is 25.6. The molecule has 0 unspecified atom stereocenters. The van der Waals surface area contributed by atoms with Crippen molar-refractivity contribution in [3.05, 3.63) is 29.8 Å². The average molecular weight is 488 g/mol. The van der Waals surface area contributed by atoms with Gasteiger partial charge in [-0.1, -0.05) is 0 Å². The highest BCUT2D eigenvalue weighted by Crippen LogP contribution is 2.26. The minimum Gasteiger partial charge on any atom is -0.469 e. The summed E-state index contributed by atoms with van der Waals surface area (Å²) >= 11 is 0. The third-order valence-corrected chi connectivity index (χ3v) is 6.53. The Morgan fingerprint density at radius 2 is 1.49 bits per heavy atom. The van der Waals surface area contributed by atoms with Crippen molar-refractivity contribution in [1.29, 1.82) is 0 Å². The lowest BCUT2D eigenvalue weighted by Crippen LogP contribution is -2.43. The summed E-state index contributed by atoms with van der Waals surface area (Å²) in [5.74, 6) is -0.703. The molecule has 1 aromatic carbocycles. The van der Waals surface area contributed by atoms with Crippen LogP contribution in [0.5, 0.6) is 0 Å². The van der Waals surface area contributed by atoms with Crippen molar-refractivity contribution < 1.29 is 28.7 Å². The van der Waals surface area contributed by atoms with Gasteiger partial charge in [-0.15, -0.1) is 0 Å². The van der Waals surface area contributed by atoms with E-state index in [1.54, 1.807) is 29.2 Å². The maximum absolute atomic E-state index is 12.7. The van der Waals surface area contributed by atoms with E-state index in [9.17, 15) is 19.2 Å². The van der Waals surface area contributed by atoms with E-state index in [0.29, 0.717) is 50.0 Å². The standard InChI is InChI=1S/C26H37N3O6/c1-26(2,3)35-25(33)29-15-13-18(14-16-29)23(31)28-20-9-5-17(6-10-20)22(30)27-21-11-7-19(8-12-21)24(32)34-4/h5-6,9-10,18-19,21H,7-8,11-16H2,1-4H3,(H,27,30)(H,28,31). The van der Waals surface area contributed by atoms with Gasteiger partial charge in [0.2, 0.25) is 5.91 Å². The number of nitrogens with one attached hydrogen (secondary N) is 2. The summed E-state index contributed by atoms with van der Waals surface area (Å²) in [6.07, 6.45) is 3.70. The van der Waals surface area contributed by atoms with Crippen LogP contribution in [0.1, 0.15) is 69.7 Å². The van der Waals surface area contributed by atoms with Gasteiger partial charge in [-0.05, 0) is 83.6 Å². The molecule has 2 N–H and O–H groups in total. The first kappa shape index (κ1) is 26.5. The highest BCUT2D eigenvalue weighted by molar-refractivity contribution is 5.96. The predicted molar refractivity (Wildman–Crippen MR) is 131 cm³/mol. The van der Waals surface area contributed by atoms with Crippen molar-refractivity contribution in [2.45, 2.75) is 70.9 Å². The van der Waals surface area contributed by atoms with E-state index >= 15 is 0 Å². The van der Waals surface area contributed by atoms with Crippen molar-refractivity contribution in [2.75, 3.05) is 25.5 Å². The molecule has 1 saturated carbocycles. The summed E-state index contributed by atoms with van der Waals surface area (Å²) in [7, 11) is 1.40. The van der Waals surface area contributed by atoms with Crippen LogP contribution in [-0.4, -0.2) is 60.6 Å². The number of methoxy groups -OCH3 is 1. The molecule has 3 rings (SSSR count). The molecule has 2 fully saturated rings. The molecule has 3 amide bonds. The van der Waals surface area contributed by atoms with E-state index in [-0.39, 0.29) is 41.8 Å². The molecule has 1 aliphatic heterocycles. The summed E-state index contributed by atoms with van der Waals surface area (Å²) in [5.41, 5.74) is 0.599. The first-order valence-electron chi connectivity index (χ1n) is 12.3. The Labute approximate surface area is 206 Å². The first-order valence-corrected chi connectivity index (χ1v) is 12.3. The lowest BCUT2D eigenvalue weighted by Gasteiger charge is -2.32. The van der Waals surface area contributed by atoms with Gasteiger partial charge >= 0.3 is 12.1 Å². The van der Waals surface area contributed by atoms with E-state index in [0.717, 1.165) is 12.8 Å². The van der Waals surface area contributed by atoms with Gasteiger partial charge in [-0.3, -0.25) is 14.4 Å². The summed E-state index contributed by atoms with van der Waals surface area (Å²) in [6, 6.07) is 6.86. The Bertz CT molecular complexity index is 908. The molecule has 1 aromatic rings. The molecular formula is C26H37N3O6. The number of anilines is 1. The SMILES string of the molecule is COC(=O)C1CCC(NC(=O)c2ccc(NC(=O)C3CCN(C(=O)OC(C)(C)C)CC3)cc2)CC1. The number of hydrogen-bond acceptors (Lipinski definition) is 6. The molecule has 1 saturated heterocycles. The number of likely N-dealkylation sites (tertiary alicyclic amines) is 1. The van der Waals surface area contributed by atoms with E-state index < -0.39 is 5.60 Å². The van der Waals surface area contributed by atoms with E-state index in [4.69, 9.17) is 9.47 Å². The maximum atomic E-state index is 12.7. The van der Waals surface area contributed by atoms with Gasteiger partial charge in [0.15, 0.2) is 0 Å². The van der Waals surface area contributed by atoms with Gasteiger partial charge < -0.3 is 25.0 Å². The molecule has 0 aromatic heterocycles. The zero-order valence-electron chi connectivity index (χ0n) is 21.1. The molecular weight excluding hydrogens is 450 g/mol. The lowest BCUT2D eigenvalue weighted by atomic mass is 9.86. The van der Waals surface area contributed by atoms with Crippen molar-refractivity contribution >= 4 is 29.6 Å². The quantitative estimate of drug-likeness (QED) is 0.612. The molecule has 0 bridgehead atoms. The van der Waals surface area contributed by atoms with E-state index in [1.807, 2.05) is 20.8 Å². The minimum absolute atomic E-state index is 0.0364. The van der Waals surface area contributed by atoms with Crippen molar-refractivity contribution in [3.8, 4) is 0 Å². The summed E-state index contributed by atoms with van der Waals surface area (Å²) in [6.45, 7) is 6.45. The zero-order valence-corrected chi connectivity index (χ0v) is 21.1. The molecule has 1 heterocycles. The summed E-state index contributed by atoms with van der Waals surface area (Å²) in [5, 5.41) is 5.94. The second-order valence-corrected chi connectivity index (χ2v) is 10.4. The molecule has 0 spiro atoms. The Kier molecular flexibility index (Phi) is 8.75. The second kappa shape index (κ2) is 11.6. The van der Waals surface area contributed by atoms with Gasteiger partial charge in [-0.2, -0.15) is 0 Å². The fourth-order valence-corrected chi connectivity index (χ4v) is 4.51. The van der Waals surface area contributed by atoms with Crippen LogP contribution in [0.25, 0.3) is 0 Å². The number of esters is 1. The van der Waals surface area contributed by atoms with Crippen LogP contribution >= 0.6 is 0 Å². The van der Waals surface area contributed by atoms with Crippen molar-refractivity contribution in [2.24, 2.45) is 11.8 Å². The van der Waals surface area contributed by atoms with Crippen LogP contribution < -0.4 is 10.6 Å². The predicted octanol–water partition coefficient (Wildman–Crippen LogP) is 3.73. The van der Waals surface area contributed by atoms with Crippen molar-refractivity contribution in [3.63, 3.8) is 0 Å². The van der Waals surface area contributed by atoms with Gasteiger partial charge in [0.1, 0.15) is 5.60 Å². The Hall–Kier alpha value is -3.10. The third kappa shape index (κ3) is 7.70. The minimum atomic E-state index is -0.543. The summed E-state index contributed by atoms with van der Waals surface area (Å²) < 4.78 is 10.2. The van der Waals surface area contributed by atoms with Gasteiger partial charge in [0.25, 0.3) is 5.91 Å². The molecule has 1 aliphatic carbocycles. The number of carbonyl (C=O) groups excluding carboxylic acids is 4. The topological polar surface area (TPSA) is 114 Å². The van der Waals surface area contributed by atoms with Gasteiger partial charge in [0.05, 0.1) is 13.0 Å². The molecule has 0 atom stereocenters. The Morgan fingerprint density at radius 1 is 0.886 bits per heavy atom. The fourth-order valence-electron chi connectivity index (χ4n) is 4.51. The number of hydrogen-bond donors (Lipinski definition) is 2. The molecule has 9 heteroatoms. The van der Waals surface area contributed by atoms with Crippen LogP contribution in [0, 0.1) is 11.8 Å². The van der Waals surface area contributed by atoms with E-state index in [2.05, 4.69) is 10.6 Å². The number of nitrogens with zero attached hydrogens (tertiary/aromatic N) is 1. The molecule has 2 aliphatic rings. The second-order valence-electron chi connectivity index (χ2n) is 10.4. The maximum Gasteiger partial charge on any atom is 0.410 e. The van der Waals surface area contributed by atoms with Gasteiger partial charge in [-0.25, -0.2) is 4.79 Å². The Morgan fingerprint density at radius 3 is 2.03 bits per heavy atom. The van der Waals surface area contributed by atoms with Gasteiger partial charge in [0, 0.05) is 36.3 Å². The van der Waals surface area contributed by atoms with Crippen LogP contribution in [0.15, 0.2) is 24.3 Å². The average Bonchev–Trinajstić information content (AvgIpc) is 2.83. The highest BCUT2D eigenvalue weighted by atomic mass is 16.6. The first-order chi connectivity index (χ1) is 16.6. The molecule has 9 nitrogen and oxygen atoms in total. The monoisotopic (exact) mass is 487 g/mol. The van der Waals surface area contributed by atoms with Crippen LogP contribution in [-0.2, 0) is 19.1 Å². The normalized spacial score (nSPS) is 21.1. The fraction of sp³-hybridized carbons (Fsp3) is 0.615. The largest absolute Gasteiger partial charge is 0.469 e. The number of amides is 3. The number of piperidine rings is 1. The van der Waals surface area contributed by atoms with Crippen molar-refractivity contribution in [1.82, 2.24) is 10.2 Å². The highest BCUT2D eigenvalue weighted by Gasteiger charge is 2.30. The number of carbonyl (C=O) groups is 4. The smallest absolute Gasteiger partial charge is 0.410 e.